The van der Waals surface area contributed by atoms with Crippen LogP contribution in [0.2, 0.25) is 0 Å². The Morgan fingerprint density at radius 3 is 2.02 bits per heavy atom. The number of benzene rings is 6. The van der Waals surface area contributed by atoms with Gasteiger partial charge in [-0.25, -0.2) is 4.98 Å². The molecule has 0 unspecified atom stereocenters. The van der Waals surface area contributed by atoms with E-state index < -0.39 is 0 Å². The van der Waals surface area contributed by atoms with Crippen LogP contribution in [0.25, 0.3) is 49.6 Å². The van der Waals surface area contributed by atoms with Crippen molar-refractivity contribution in [2.24, 2.45) is 0 Å². The second-order valence-corrected chi connectivity index (χ2v) is 17.9. The standard InChI is InChI=1S/C52H48N4O2/c1-32-26-35(52(6,7)8)27-33(2)49(32)55-31-54(41-21-12-13-22-42(41)55)36-16-15-17-37(29-36)57-45-30-43-47(50-48(45)39-19-10-14-23-44(39)58-50)38-18-9-11-20-40(38)56(43)46-28-34(24-25-53-46)51(3,4)5/h9-30H,31H2,1-8H3. The molecular formula is C52H48N4O2. The first-order chi connectivity index (χ1) is 27.8. The Morgan fingerprint density at radius 2 is 1.28 bits per heavy atom. The molecule has 9 aromatic rings. The molecule has 3 aromatic heterocycles. The van der Waals surface area contributed by atoms with Gasteiger partial charge in [-0.15, -0.1) is 0 Å². The summed E-state index contributed by atoms with van der Waals surface area (Å²) in [5, 5.41) is 4.12. The van der Waals surface area contributed by atoms with Gasteiger partial charge in [0.15, 0.2) is 0 Å². The van der Waals surface area contributed by atoms with E-state index in [0.717, 1.165) is 72.4 Å². The van der Waals surface area contributed by atoms with Crippen molar-refractivity contribution >= 4 is 66.5 Å². The highest BCUT2D eigenvalue weighted by molar-refractivity contribution is 6.25. The molecule has 288 valence electrons. The van der Waals surface area contributed by atoms with Gasteiger partial charge in [0, 0.05) is 40.5 Å². The van der Waals surface area contributed by atoms with Crippen LogP contribution in [-0.2, 0) is 10.8 Å². The number of hydrogen-bond acceptors (Lipinski definition) is 5. The molecule has 0 aliphatic carbocycles. The number of rotatable bonds is 5. The summed E-state index contributed by atoms with van der Waals surface area (Å²) in [6.07, 6.45) is 1.92. The van der Waals surface area contributed by atoms with Crippen LogP contribution in [0.4, 0.5) is 22.7 Å². The van der Waals surface area contributed by atoms with Gasteiger partial charge in [0.05, 0.1) is 33.2 Å². The fourth-order valence-electron chi connectivity index (χ4n) is 8.91. The lowest BCUT2D eigenvalue weighted by Gasteiger charge is -2.28. The topological polar surface area (TPSA) is 46.7 Å². The molecule has 6 aromatic carbocycles. The van der Waals surface area contributed by atoms with Crippen molar-refractivity contribution in [3.63, 3.8) is 0 Å². The van der Waals surface area contributed by atoms with E-state index in [1.807, 2.05) is 24.4 Å². The van der Waals surface area contributed by atoms with Crippen molar-refractivity contribution in [3.8, 4) is 17.3 Å². The molecule has 0 saturated carbocycles. The summed E-state index contributed by atoms with van der Waals surface area (Å²) in [7, 11) is 0. The van der Waals surface area contributed by atoms with Crippen molar-refractivity contribution in [1.29, 1.82) is 0 Å². The minimum absolute atomic E-state index is 0.0385. The van der Waals surface area contributed by atoms with Crippen LogP contribution in [0.5, 0.6) is 11.5 Å². The van der Waals surface area contributed by atoms with E-state index in [0.29, 0.717) is 6.67 Å². The number of aryl methyl sites for hydroxylation is 2. The van der Waals surface area contributed by atoms with Gasteiger partial charge in [-0.1, -0.05) is 108 Å². The Balaban J connectivity index is 1.11. The van der Waals surface area contributed by atoms with Crippen LogP contribution < -0.4 is 14.5 Å². The van der Waals surface area contributed by atoms with Gasteiger partial charge >= 0.3 is 0 Å². The number of aromatic nitrogens is 2. The van der Waals surface area contributed by atoms with Gasteiger partial charge in [0.25, 0.3) is 0 Å². The molecule has 1 aliphatic heterocycles. The third-order valence-electron chi connectivity index (χ3n) is 11.8. The van der Waals surface area contributed by atoms with Crippen LogP contribution in [0, 0.1) is 13.8 Å². The maximum absolute atomic E-state index is 7.08. The maximum atomic E-state index is 7.08. The van der Waals surface area contributed by atoms with Crippen LogP contribution in [0.3, 0.4) is 0 Å². The molecule has 0 amide bonds. The normalized spacial score (nSPS) is 13.4. The SMILES string of the molecule is Cc1cc(C(C)(C)C)cc(C)c1N1CN(c2cccc(Oc3cc4c(c5ccccc5n4-c4cc(C(C)(C)C)ccn4)c4oc5ccccc5c34)c2)c2ccccc21. The zero-order valence-electron chi connectivity index (χ0n) is 34.5. The van der Waals surface area contributed by atoms with Crippen LogP contribution >= 0.6 is 0 Å². The summed E-state index contributed by atoms with van der Waals surface area (Å²) < 4.78 is 16.1. The Kier molecular flexibility index (Phi) is 8.04. The molecule has 0 N–H and O–H groups in total. The van der Waals surface area contributed by atoms with Gasteiger partial charge in [0.2, 0.25) is 0 Å². The Morgan fingerprint density at radius 1 is 0.603 bits per heavy atom. The average Bonchev–Trinajstić information content (AvgIpc) is 3.87. The minimum Gasteiger partial charge on any atom is -0.456 e. The first-order valence-corrected chi connectivity index (χ1v) is 20.2. The number of para-hydroxylation sites is 4. The Labute approximate surface area is 339 Å². The fourth-order valence-corrected chi connectivity index (χ4v) is 8.91. The number of pyridine rings is 1. The van der Waals surface area contributed by atoms with Gasteiger partial charge in [0.1, 0.15) is 35.2 Å². The molecule has 0 fully saturated rings. The lowest BCUT2D eigenvalue weighted by molar-refractivity contribution is 0.489. The molecular weight excluding hydrogens is 713 g/mol. The zero-order chi connectivity index (χ0) is 40.1. The number of furan rings is 1. The van der Waals surface area contributed by atoms with Gasteiger partial charge in [-0.3, -0.25) is 4.57 Å². The van der Waals surface area contributed by atoms with E-state index in [9.17, 15) is 0 Å². The van der Waals surface area contributed by atoms with Crippen molar-refractivity contribution in [1.82, 2.24) is 9.55 Å². The molecule has 0 bridgehead atoms. The second kappa shape index (κ2) is 13.0. The van der Waals surface area contributed by atoms with Gasteiger partial charge in [-0.05, 0) is 95.5 Å². The highest BCUT2D eigenvalue weighted by atomic mass is 16.5. The summed E-state index contributed by atoms with van der Waals surface area (Å²) in [6, 6.07) is 45.2. The number of ether oxygens (including phenoxy) is 1. The Hall–Kier alpha value is -6.53. The third kappa shape index (κ3) is 5.73. The predicted molar refractivity (Wildman–Crippen MR) is 241 cm³/mol. The molecule has 6 heteroatoms. The highest BCUT2D eigenvalue weighted by Gasteiger charge is 2.31. The van der Waals surface area contributed by atoms with Crippen molar-refractivity contribution < 1.29 is 9.15 Å². The van der Waals surface area contributed by atoms with Gasteiger partial charge < -0.3 is 19.0 Å². The lowest BCUT2D eigenvalue weighted by atomic mass is 9.84. The first-order valence-electron chi connectivity index (χ1n) is 20.2. The molecule has 10 rings (SSSR count). The van der Waals surface area contributed by atoms with Crippen LogP contribution in [-0.4, -0.2) is 16.2 Å². The maximum Gasteiger partial charge on any atom is 0.149 e. The number of nitrogens with zero attached hydrogens (tertiary/aromatic N) is 4. The number of anilines is 4. The summed E-state index contributed by atoms with van der Waals surface area (Å²) in [4.78, 5) is 9.78. The van der Waals surface area contributed by atoms with E-state index in [1.165, 1.54) is 33.6 Å². The molecule has 0 atom stereocenters. The number of hydrogen-bond donors (Lipinski definition) is 0. The minimum atomic E-state index is -0.0385. The summed E-state index contributed by atoms with van der Waals surface area (Å²) in [6.45, 7) is 18.7. The van der Waals surface area contributed by atoms with E-state index in [2.05, 4.69) is 179 Å². The largest absolute Gasteiger partial charge is 0.456 e. The predicted octanol–water partition coefficient (Wildman–Crippen LogP) is 14.3. The molecule has 4 heterocycles. The van der Waals surface area contributed by atoms with E-state index >= 15 is 0 Å². The van der Waals surface area contributed by atoms with E-state index in [4.69, 9.17) is 14.1 Å². The molecule has 0 saturated heterocycles. The monoisotopic (exact) mass is 760 g/mol. The second-order valence-electron chi connectivity index (χ2n) is 17.9. The van der Waals surface area contributed by atoms with E-state index in [-0.39, 0.29) is 10.8 Å². The Bertz CT molecular complexity index is 3060. The van der Waals surface area contributed by atoms with Crippen LogP contribution in [0.1, 0.15) is 63.8 Å². The lowest BCUT2D eigenvalue weighted by Crippen LogP contribution is -2.25. The summed E-state index contributed by atoms with van der Waals surface area (Å²) in [5.41, 5.74) is 13.5. The first kappa shape index (κ1) is 35.9. The summed E-state index contributed by atoms with van der Waals surface area (Å²) >= 11 is 0. The highest BCUT2D eigenvalue weighted by Crippen LogP contribution is 2.49. The van der Waals surface area contributed by atoms with Crippen molar-refractivity contribution in [2.45, 2.75) is 66.2 Å². The zero-order valence-corrected chi connectivity index (χ0v) is 34.5. The summed E-state index contributed by atoms with van der Waals surface area (Å²) in [5.74, 6) is 2.34. The van der Waals surface area contributed by atoms with E-state index in [1.54, 1.807) is 0 Å². The van der Waals surface area contributed by atoms with Crippen LogP contribution in [0.15, 0.2) is 138 Å². The molecule has 0 radical (unpaired) electrons. The average molecular weight is 761 g/mol. The fraction of sp³-hybridized carbons (Fsp3) is 0.212. The third-order valence-corrected chi connectivity index (χ3v) is 11.8. The smallest absolute Gasteiger partial charge is 0.149 e. The van der Waals surface area contributed by atoms with Crippen molar-refractivity contribution in [2.75, 3.05) is 16.5 Å². The molecule has 6 nitrogen and oxygen atoms in total. The number of fused-ring (bicyclic) bond motifs is 8. The molecule has 58 heavy (non-hydrogen) atoms. The quantitative estimate of drug-likeness (QED) is 0.175. The molecule has 1 aliphatic rings. The van der Waals surface area contributed by atoms with Gasteiger partial charge in [-0.2, -0.15) is 0 Å². The van der Waals surface area contributed by atoms with Crippen molar-refractivity contribution in [3.05, 3.63) is 156 Å². The molecule has 0 spiro atoms.